The summed E-state index contributed by atoms with van der Waals surface area (Å²) in [6, 6.07) is 0. The topological polar surface area (TPSA) is 26.3 Å². The van der Waals surface area contributed by atoms with Crippen LogP contribution in [0, 0.1) is 0 Å². The number of ether oxygens (including phenoxy) is 1. The summed E-state index contributed by atoms with van der Waals surface area (Å²) in [6.45, 7) is 4.33. The Morgan fingerprint density at radius 3 is 2.50 bits per heavy atom. The first-order valence-electron chi connectivity index (χ1n) is 4.28. The number of allylic oxidation sites excluding steroid dienone is 3. The molecule has 0 saturated heterocycles. The van der Waals surface area contributed by atoms with Crippen LogP contribution in [0.2, 0.25) is 0 Å². The van der Waals surface area contributed by atoms with Gasteiger partial charge >= 0.3 is 5.97 Å². The van der Waals surface area contributed by atoms with Crippen LogP contribution in [0.3, 0.4) is 0 Å². The van der Waals surface area contributed by atoms with Crippen molar-refractivity contribution in [2.45, 2.75) is 26.7 Å². The van der Waals surface area contributed by atoms with Crippen LogP contribution in [-0.4, -0.2) is 12.6 Å². The second-order valence-corrected chi connectivity index (χ2v) is 2.27. The van der Waals surface area contributed by atoms with E-state index in [0.717, 1.165) is 6.42 Å². The lowest BCUT2D eigenvalue weighted by molar-refractivity contribution is -0.142. The van der Waals surface area contributed by atoms with E-state index in [0.29, 0.717) is 13.0 Å². The molecule has 0 N–H and O–H groups in total. The lowest BCUT2D eigenvalue weighted by atomic mass is 10.3. The third-order valence-corrected chi connectivity index (χ3v) is 1.21. The van der Waals surface area contributed by atoms with E-state index in [2.05, 4.69) is 6.92 Å². The molecule has 0 amide bonds. The van der Waals surface area contributed by atoms with Crippen molar-refractivity contribution in [3.8, 4) is 0 Å². The SMILES string of the molecule is CC/C=C/C=C/CC(=O)OCC. The molecule has 0 aromatic heterocycles. The minimum absolute atomic E-state index is 0.168. The molecule has 0 aliphatic rings. The molecule has 68 valence electrons. The molecule has 0 radical (unpaired) electrons. The Bertz CT molecular complexity index is 169. The molecular formula is C10H16O2. The predicted molar refractivity (Wildman–Crippen MR) is 49.8 cm³/mol. The van der Waals surface area contributed by atoms with Gasteiger partial charge in [-0.05, 0) is 13.3 Å². The fraction of sp³-hybridized carbons (Fsp3) is 0.500. The zero-order valence-corrected chi connectivity index (χ0v) is 7.75. The van der Waals surface area contributed by atoms with Gasteiger partial charge in [-0.2, -0.15) is 0 Å². The van der Waals surface area contributed by atoms with Gasteiger partial charge in [0.05, 0.1) is 13.0 Å². The van der Waals surface area contributed by atoms with Crippen molar-refractivity contribution in [2.24, 2.45) is 0 Å². The van der Waals surface area contributed by atoms with Crippen LogP contribution in [0.25, 0.3) is 0 Å². The Labute approximate surface area is 73.9 Å². The highest BCUT2D eigenvalue weighted by molar-refractivity contribution is 5.71. The molecule has 12 heavy (non-hydrogen) atoms. The Kier molecular flexibility index (Phi) is 7.35. The molecule has 0 fully saturated rings. The lowest BCUT2D eigenvalue weighted by Crippen LogP contribution is -2.01. The summed E-state index contributed by atoms with van der Waals surface area (Å²) in [5.41, 5.74) is 0. The second kappa shape index (κ2) is 8.05. The van der Waals surface area contributed by atoms with Gasteiger partial charge in [0.15, 0.2) is 0 Å². The van der Waals surface area contributed by atoms with Crippen molar-refractivity contribution in [1.29, 1.82) is 0 Å². The van der Waals surface area contributed by atoms with Crippen LogP contribution >= 0.6 is 0 Å². The molecule has 0 spiro atoms. The first kappa shape index (κ1) is 11.0. The zero-order valence-electron chi connectivity index (χ0n) is 7.75. The molecule has 0 aromatic carbocycles. The molecule has 0 heterocycles. The molecule has 2 nitrogen and oxygen atoms in total. The highest BCUT2D eigenvalue weighted by atomic mass is 16.5. The van der Waals surface area contributed by atoms with Gasteiger partial charge < -0.3 is 4.74 Å². The molecule has 0 aliphatic heterocycles. The fourth-order valence-electron chi connectivity index (χ4n) is 0.677. The maximum atomic E-state index is 10.8. The van der Waals surface area contributed by atoms with Crippen molar-refractivity contribution < 1.29 is 9.53 Å². The zero-order chi connectivity index (χ0) is 9.23. The third kappa shape index (κ3) is 7.06. The number of carbonyl (C=O) groups is 1. The highest BCUT2D eigenvalue weighted by Gasteiger charge is 1.94. The summed E-state index contributed by atoms with van der Waals surface area (Å²) in [7, 11) is 0. The quantitative estimate of drug-likeness (QED) is 0.465. The Morgan fingerprint density at radius 1 is 1.25 bits per heavy atom. The lowest BCUT2D eigenvalue weighted by Gasteiger charge is -1.95. The maximum absolute atomic E-state index is 10.8. The molecule has 0 bridgehead atoms. The van der Waals surface area contributed by atoms with E-state index in [1.807, 2.05) is 18.2 Å². The van der Waals surface area contributed by atoms with E-state index >= 15 is 0 Å². The molecule has 0 aliphatic carbocycles. The van der Waals surface area contributed by atoms with Gasteiger partial charge in [-0.1, -0.05) is 31.2 Å². The summed E-state index contributed by atoms with van der Waals surface area (Å²) in [5.74, 6) is -0.168. The maximum Gasteiger partial charge on any atom is 0.309 e. The number of hydrogen-bond donors (Lipinski definition) is 0. The second-order valence-electron chi connectivity index (χ2n) is 2.27. The Balaban J connectivity index is 3.46. The highest BCUT2D eigenvalue weighted by Crippen LogP contribution is 1.89. The summed E-state index contributed by atoms with van der Waals surface area (Å²) in [4.78, 5) is 10.8. The fourth-order valence-corrected chi connectivity index (χ4v) is 0.677. The average molecular weight is 168 g/mol. The van der Waals surface area contributed by atoms with E-state index in [1.165, 1.54) is 0 Å². The van der Waals surface area contributed by atoms with Gasteiger partial charge in [0.25, 0.3) is 0 Å². The molecule has 0 atom stereocenters. The van der Waals surface area contributed by atoms with Gasteiger partial charge in [-0.3, -0.25) is 4.79 Å². The third-order valence-electron chi connectivity index (χ3n) is 1.21. The molecule has 0 aromatic rings. The average Bonchev–Trinajstić information content (AvgIpc) is 2.05. The van der Waals surface area contributed by atoms with Crippen LogP contribution in [0.5, 0.6) is 0 Å². The number of hydrogen-bond acceptors (Lipinski definition) is 2. The Hall–Kier alpha value is -1.05. The van der Waals surface area contributed by atoms with Gasteiger partial charge in [-0.25, -0.2) is 0 Å². The monoisotopic (exact) mass is 168 g/mol. The summed E-state index contributed by atoms with van der Waals surface area (Å²) >= 11 is 0. The standard InChI is InChI=1S/C10H16O2/c1-3-5-6-7-8-9-10(11)12-4-2/h5-8H,3-4,9H2,1-2H3/b6-5+,8-7+. The molecule has 0 rings (SSSR count). The van der Waals surface area contributed by atoms with Crippen LogP contribution < -0.4 is 0 Å². The first-order chi connectivity index (χ1) is 5.81. The van der Waals surface area contributed by atoms with E-state index in [-0.39, 0.29) is 5.97 Å². The number of rotatable bonds is 5. The number of esters is 1. The van der Waals surface area contributed by atoms with Gasteiger partial charge in [0, 0.05) is 0 Å². The largest absolute Gasteiger partial charge is 0.466 e. The van der Waals surface area contributed by atoms with Crippen LogP contribution in [-0.2, 0) is 9.53 Å². The minimum Gasteiger partial charge on any atom is -0.466 e. The van der Waals surface area contributed by atoms with Gasteiger partial charge in [-0.15, -0.1) is 0 Å². The molecule has 2 heteroatoms. The molecule has 0 unspecified atom stereocenters. The van der Waals surface area contributed by atoms with Crippen molar-refractivity contribution in [3.63, 3.8) is 0 Å². The normalized spacial score (nSPS) is 11.2. The Morgan fingerprint density at radius 2 is 1.92 bits per heavy atom. The molecule has 0 saturated carbocycles. The van der Waals surface area contributed by atoms with Crippen molar-refractivity contribution in [1.82, 2.24) is 0 Å². The predicted octanol–water partition coefficient (Wildman–Crippen LogP) is 2.46. The van der Waals surface area contributed by atoms with Crippen molar-refractivity contribution >= 4 is 5.97 Å². The van der Waals surface area contributed by atoms with E-state index in [9.17, 15) is 4.79 Å². The van der Waals surface area contributed by atoms with E-state index < -0.39 is 0 Å². The van der Waals surface area contributed by atoms with Crippen molar-refractivity contribution in [3.05, 3.63) is 24.3 Å². The van der Waals surface area contributed by atoms with Gasteiger partial charge in [0.2, 0.25) is 0 Å². The summed E-state index contributed by atoms with van der Waals surface area (Å²) < 4.78 is 4.73. The van der Waals surface area contributed by atoms with Crippen LogP contribution in [0.15, 0.2) is 24.3 Å². The van der Waals surface area contributed by atoms with E-state index in [1.54, 1.807) is 13.0 Å². The van der Waals surface area contributed by atoms with Crippen LogP contribution in [0.4, 0.5) is 0 Å². The first-order valence-corrected chi connectivity index (χ1v) is 4.28. The molecular weight excluding hydrogens is 152 g/mol. The smallest absolute Gasteiger partial charge is 0.309 e. The van der Waals surface area contributed by atoms with Crippen molar-refractivity contribution in [2.75, 3.05) is 6.61 Å². The number of carbonyl (C=O) groups excluding carboxylic acids is 1. The van der Waals surface area contributed by atoms with Crippen LogP contribution in [0.1, 0.15) is 26.7 Å². The summed E-state index contributed by atoms with van der Waals surface area (Å²) in [6.07, 6.45) is 9.00. The minimum atomic E-state index is -0.168. The van der Waals surface area contributed by atoms with Gasteiger partial charge in [0.1, 0.15) is 0 Å². The van der Waals surface area contributed by atoms with E-state index in [4.69, 9.17) is 4.74 Å². The summed E-state index contributed by atoms with van der Waals surface area (Å²) in [5, 5.41) is 0.